The lowest BCUT2D eigenvalue weighted by Crippen LogP contribution is -2.17. The molecule has 0 radical (unpaired) electrons. The quantitative estimate of drug-likeness (QED) is 0.743. The maximum absolute atomic E-state index is 11.2. The SMILES string of the molecule is NCCCCC(Cc1cn2ccccc2n1)C(=O)O. The van der Waals surface area contributed by atoms with Gasteiger partial charge < -0.3 is 15.2 Å². The van der Waals surface area contributed by atoms with Crippen LogP contribution in [0.15, 0.2) is 30.6 Å². The molecule has 0 aliphatic rings. The minimum absolute atomic E-state index is 0.378. The second kappa shape index (κ2) is 6.33. The van der Waals surface area contributed by atoms with Gasteiger partial charge in [-0.2, -0.15) is 0 Å². The number of nitrogens with two attached hydrogens (primary N) is 1. The predicted molar refractivity (Wildman–Crippen MR) is 72.9 cm³/mol. The van der Waals surface area contributed by atoms with Crippen LogP contribution in [0.5, 0.6) is 0 Å². The smallest absolute Gasteiger partial charge is 0.306 e. The first kappa shape index (κ1) is 13.5. The fraction of sp³-hybridized carbons (Fsp3) is 0.429. The number of rotatable bonds is 7. The molecule has 3 N–H and O–H groups in total. The van der Waals surface area contributed by atoms with Crippen LogP contribution in [0.1, 0.15) is 25.0 Å². The average molecular weight is 261 g/mol. The molecule has 0 bridgehead atoms. The van der Waals surface area contributed by atoms with Crippen molar-refractivity contribution in [2.75, 3.05) is 6.54 Å². The zero-order chi connectivity index (χ0) is 13.7. The van der Waals surface area contributed by atoms with E-state index in [4.69, 9.17) is 5.73 Å². The molecule has 5 nitrogen and oxygen atoms in total. The molecule has 5 heteroatoms. The molecular formula is C14H19N3O2. The maximum Gasteiger partial charge on any atom is 0.306 e. The van der Waals surface area contributed by atoms with Gasteiger partial charge in [-0.05, 0) is 31.5 Å². The summed E-state index contributed by atoms with van der Waals surface area (Å²) in [5.41, 5.74) is 7.11. The van der Waals surface area contributed by atoms with Crippen LogP contribution >= 0.6 is 0 Å². The molecule has 2 aromatic rings. The lowest BCUT2D eigenvalue weighted by molar-refractivity contribution is -0.142. The third kappa shape index (κ3) is 3.54. The summed E-state index contributed by atoms with van der Waals surface area (Å²) in [6.45, 7) is 0.612. The van der Waals surface area contributed by atoms with Crippen molar-refractivity contribution in [1.29, 1.82) is 0 Å². The predicted octanol–water partition coefficient (Wildman–Crippen LogP) is 1.71. The number of fused-ring (bicyclic) bond motifs is 1. The summed E-state index contributed by atoms with van der Waals surface area (Å²) >= 11 is 0. The Labute approximate surface area is 112 Å². The van der Waals surface area contributed by atoms with Gasteiger partial charge in [0.15, 0.2) is 0 Å². The number of carboxylic acid groups (broad SMARTS) is 1. The highest BCUT2D eigenvalue weighted by atomic mass is 16.4. The number of carboxylic acids is 1. The first-order valence-corrected chi connectivity index (χ1v) is 6.56. The van der Waals surface area contributed by atoms with Gasteiger partial charge in [0, 0.05) is 18.8 Å². The van der Waals surface area contributed by atoms with E-state index in [-0.39, 0.29) is 5.92 Å². The molecule has 0 aliphatic heterocycles. The normalized spacial score (nSPS) is 12.7. The van der Waals surface area contributed by atoms with Gasteiger partial charge in [-0.25, -0.2) is 4.98 Å². The Morgan fingerprint density at radius 1 is 1.42 bits per heavy atom. The molecule has 0 saturated carbocycles. The Morgan fingerprint density at radius 2 is 2.26 bits per heavy atom. The van der Waals surface area contributed by atoms with Crippen molar-refractivity contribution in [3.8, 4) is 0 Å². The highest BCUT2D eigenvalue weighted by Crippen LogP contribution is 2.16. The number of unbranched alkanes of at least 4 members (excludes halogenated alkanes) is 1. The van der Waals surface area contributed by atoms with Crippen molar-refractivity contribution >= 4 is 11.6 Å². The van der Waals surface area contributed by atoms with E-state index in [0.29, 0.717) is 19.4 Å². The third-order valence-corrected chi connectivity index (χ3v) is 3.23. The van der Waals surface area contributed by atoms with E-state index in [2.05, 4.69) is 4.98 Å². The van der Waals surface area contributed by atoms with Crippen LogP contribution in [0, 0.1) is 5.92 Å². The van der Waals surface area contributed by atoms with Crippen LogP contribution in [0.4, 0.5) is 0 Å². The third-order valence-electron chi connectivity index (χ3n) is 3.23. The van der Waals surface area contributed by atoms with Gasteiger partial charge in [0.25, 0.3) is 0 Å². The van der Waals surface area contributed by atoms with E-state index in [0.717, 1.165) is 24.2 Å². The topological polar surface area (TPSA) is 80.6 Å². The molecule has 19 heavy (non-hydrogen) atoms. The van der Waals surface area contributed by atoms with Crippen LogP contribution in [-0.4, -0.2) is 27.0 Å². The molecular weight excluding hydrogens is 242 g/mol. The van der Waals surface area contributed by atoms with E-state index >= 15 is 0 Å². The van der Waals surface area contributed by atoms with Gasteiger partial charge in [0.2, 0.25) is 0 Å². The molecule has 2 heterocycles. The van der Waals surface area contributed by atoms with Crippen molar-refractivity contribution in [3.63, 3.8) is 0 Å². The van der Waals surface area contributed by atoms with E-state index in [1.165, 1.54) is 0 Å². The minimum Gasteiger partial charge on any atom is -0.481 e. The van der Waals surface area contributed by atoms with Gasteiger partial charge in [0.05, 0.1) is 11.6 Å². The lowest BCUT2D eigenvalue weighted by Gasteiger charge is -2.09. The Morgan fingerprint density at radius 3 is 2.95 bits per heavy atom. The summed E-state index contributed by atoms with van der Waals surface area (Å²) < 4.78 is 1.91. The zero-order valence-electron chi connectivity index (χ0n) is 10.8. The van der Waals surface area contributed by atoms with Gasteiger partial charge in [-0.15, -0.1) is 0 Å². The molecule has 0 aromatic carbocycles. The Bertz CT molecular complexity index is 517. The summed E-state index contributed by atoms with van der Waals surface area (Å²) in [6, 6.07) is 5.75. The summed E-state index contributed by atoms with van der Waals surface area (Å²) in [5.74, 6) is -1.13. The second-order valence-corrected chi connectivity index (χ2v) is 4.72. The molecule has 0 spiro atoms. The largest absolute Gasteiger partial charge is 0.481 e. The summed E-state index contributed by atoms with van der Waals surface area (Å²) in [4.78, 5) is 15.7. The van der Waals surface area contributed by atoms with Gasteiger partial charge >= 0.3 is 5.97 Å². The fourth-order valence-electron chi connectivity index (χ4n) is 2.19. The Balaban J connectivity index is 2.05. The summed E-state index contributed by atoms with van der Waals surface area (Å²) in [7, 11) is 0. The number of aliphatic carboxylic acids is 1. The van der Waals surface area contributed by atoms with Gasteiger partial charge in [-0.3, -0.25) is 4.79 Å². The Kier molecular flexibility index (Phi) is 4.52. The lowest BCUT2D eigenvalue weighted by atomic mass is 9.97. The standard InChI is InChI=1S/C14H19N3O2/c15-7-3-1-5-11(14(18)19)9-12-10-17-8-4-2-6-13(17)16-12/h2,4,6,8,10-11H,1,3,5,7,9,15H2,(H,18,19). The molecule has 0 aliphatic carbocycles. The number of pyridine rings is 1. The number of carbonyl (C=O) groups is 1. The molecule has 1 unspecified atom stereocenters. The molecule has 2 aromatic heterocycles. The summed E-state index contributed by atoms with van der Waals surface area (Å²) in [5, 5.41) is 9.24. The molecule has 1 atom stereocenters. The van der Waals surface area contributed by atoms with Crippen LogP contribution in [0.3, 0.4) is 0 Å². The van der Waals surface area contributed by atoms with Crippen LogP contribution in [0.2, 0.25) is 0 Å². The van der Waals surface area contributed by atoms with E-state index < -0.39 is 5.97 Å². The van der Waals surface area contributed by atoms with Gasteiger partial charge in [0.1, 0.15) is 5.65 Å². The van der Waals surface area contributed by atoms with E-state index in [1.807, 2.05) is 35.0 Å². The minimum atomic E-state index is -0.755. The maximum atomic E-state index is 11.2. The summed E-state index contributed by atoms with van der Waals surface area (Å²) in [6.07, 6.45) is 6.65. The van der Waals surface area contributed by atoms with Gasteiger partial charge in [-0.1, -0.05) is 12.5 Å². The van der Waals surface area contributed by atoms with Crippen molar-refractivity contribution in [3.05, 3.63) is 36.3 Å². The molecule has 0 fully saturated rings. The molecule has 2 rings (SSSR count). The fourth-order valence-corrected chi connectivity index (χ4v) is 2.19. The molecule has 102 valence electrons. The Hall–Kier alpha value is -1.88. The van der Waals surface area contributed by atoms with Crippen molar-refractivity contribution in [2.24, 2.45) is 11.7 Å². The monoisotopic (exact) mass is 261 g/mol. The van der Waals surface area contributed by atoms with E-state index in [1.54, 1.807) is 0 Å². The van der Waals surface area contributed by atoms with Crippen LogP contribution in [0.25, 0.3) is 5.65 Å². The number of imidazole rings is 1. The molecule has 0 amide bonds. The number of hydrogen-bond acceptors (Lipinski definition) is 3. The molecule has 0 saturated heterocycles. The average Bonchev–Trinajstić information content (AvgIpc) is 2.80. The zero-order valence-corrected chi connectivity index (χ0v) is 10.8. The van der Waals surface area contributed by atoms with Crippen molar-refractivity contribution in [1.82, 2.24) is 9.38 Å². The van der Waals surface area contributed by atoms with Crippen LogP contribution in [-0.2, 0) is 11.2 Å². The number of aromatic nitrogens is 2. The second-order valence-electron chi connectivity index (χ2n) is 4.72. The number of hydrogen-bond donors (Lipinski definition) is 2. The highest BCUT2D eigenvalue weighted by molar-refractivity contribution is 5.70. The van der Waals surface area contributed by atoms with Crippen molar-refractivity contribution < 1.29 is 9.90 Å². The van der Waals surface area contributed by atoms with Crippen LogP contribution < -0.4 is 5.73 Å². The first-order valence-electron chi connectivity index (χ1n) is 6.56. The first-order chi connectivity index (χ1) is 9.20. The van der Waals surface area contributed by atoms with E-state index in [9.17, 15) is 9.90 Å². The van der Waals surface area contributed by atoms with Crippen molar-refractivity contribution in [2.45, 2.75) is 25.7 Å². The highest BCUT2D eigenvalue weighted by Gasteiger charge is 2.19. The number of nitrogens with zero attached hydrogens (tertiary/aromatic N) is 2.